The number of hydrogen-bond donors (Lipinski definition) is 0. The smallest absolute Gasteiger partial charge is 0.238 e. The summed E-state index contributed by atoms with van der Waals surface area (Å²) in [5.41, 5.74) is 2.00. The van der Waals surface area contributed by atoms with E-state index < -0.39 is 119 Å². The third-order valence-electron chi connectivity index (χ3n) is 10.1. The maximum Gasteiger partial charge on any atom is 0.238 e. The number of rotatable bonds is 5. The van der Waals surface area contributed by atoms with E-state index in [-0.39, 0.29) is 37.5 Å². The van der Waals surface area contributed by atoms with Gasteiger partial charge in [0.25, 0.3) is 0 Å². The first-order chi connectivity index (χ1) is 34.9. The average molecular weight is 762 g/mol. The van der Waals surface area contributed by atoms with Crippen LogP contribution in [0.15, 0.2) is 188 Å². The molecule has 0 amide bonds. The van der Waals surface area contributed by atoms with Gasteiger partial charge < -0.3 is 4.57 Å². The minimum absolute atomic E-state index is 0.0458. The lowest BCUT2D eigenvalue weighted by Crippen LogP contribution is -2.06. The van der Waals surface area contributed by atoms with Gasteiger partial charge in [-0.25, -0.2) is 4.98 Å². The molecule has 0 unspecified atom stereocenters. The van der Waals surface area contributed by atoms with Crippen LogP contribution < -0.4 is 0 Å². The molecule has 4 aromatic heterocycles. The molecule has 4 heterocycles. The molecule has 0 aliphatic heterocycles. The maximum atomic E-state index is 9.68. The van der Waals surface area contributed by atoms with Crippen LogP contribution in [0.2, 0.25) is 0 Å². The van der Waals surface area contributed by atoms with Crippen molar-refractivity contribution in [3.8, 4) is 45.5 Å². The van der Waals surface area contributed by atoms with Crippen LogP contribution in [-0.4, -0.2) is 24.1 Å². The molecule has 0 saturated carbocycles. The molecular formula is C51H31N5S. The molecule has 0 radical (unpaired) electrons. The van der Waals surface area contributed by atoms with E-state index in [1.165, 1.54) is 0 Å². The molecule has 0 fully saturated rings. The van der Waals surface area contributed by atoms with Crippen molar-refractivity contribution >= 4 is 75.1 Å². The fourth-order valence-corrected chi connectivity index (χ4v) is 8.76. The molecule has 0 saturated heterocycles. The highest BCUT2D eigenvalue weighted by atomic mass is 32.1. The second-order valence-electron chi connectivity index (χ2n) is 13.2. The Balaban J connectivity index is 1.26. The van der Waals surface area contributed by atoms with Crippen molar-refractivity contribution in [3.05, 3.63) is 188 Å². The lowest BCUT2D eigenvalue weighted by molar-refractivity contribution is 0.954. The van der Waals surface area contributed by atoms with E-state index in [0.717, 1.165) is 49.6 Å². The molecule has 0 atom stereocenters. The summed E-state index contributed by atoms with van der Waals surface area (Å²) in [6.07, 6.45) is 0. The number of para-hydroxylation sites is 3. The molecule has 6 heteroatoms. The van der Waals surface area contributed by atoms with Gasteiger partial charge in [-0.1, -0.05) is 139 Å². The fraction of sp³-hybridized carbons (Fsp3) is 0. The van der Waals surface area contributed by atoms with Crippen molar-refractivity contribution in [1.82, 2.24) is 24.1 Å². The first kappa shape index (κ1) is 20.0. The van der Waals surface area contributed by atoms with E-state index in [9.17, 15) is 4.11 Å². The van der Waals surface area contributed by atoms with Gasteiger partial charge in [-0.2, -0.15) is 9.97 Å². The Morgan fingerprint density at radius 2 is 1.14 bits per heavy atom. The Kier molecular flexibility index (Phi) is 4.40. The zero-order valence-electron chi connectivity index (χ0n) is 45.3. The summed E-state index contributed by atoms with van der Waals surface area (Å²) in [7, 11) is 0. The Morgan fingerprint density at radius 1 is 0.456 bits per heavy atom. The summed E-state index contributed by atoms with van der Waals surface area (Å²) in [4.78, 5) is 14.7. The van der Waals surface area contributed by atoms with Gasteiger partial charge in [0, 0.05) is 58.5 Å². The second-order valence-corrected chi connectivity index (χ2v) is 14.2. The van der Waals surface area contributed by atoms with Crippen molar-refractivity contribution in [2.24, 2.45) is 0 Å². The molecule has 0 spiro atoms. The van der Waals surface area contributed by atoms with Crippen molar-refractivity contribution in [3.63, 3.8) is 0 Å². The van der Waals surface area contributed by atoms with Crippen LogP contribution >= 0.6 is 11.3 Å². The molecule has 12 rings (SSSR count). The van der Waals surface area contributed by atoms with Crippen molar-refractivity contribution in [2.75, 3.05) is 0 Å². The number of thiophene rings is 1. The van der Waals surface area contributed by atoms with Gasteiger partial charge in [0.2, 0.25) is 5.95 Å². The molecule has 266 valence electrons. The molecule has 57 heavy (non-hydrogen) atoms. The lowest BCUT2D eigenvalue weighted by atomic mass is 10.0. The van der Waals surface area contributed by atoms with Gasteiger partial charge >= 0.3 is 0 Å². The lowest BCUT2D eigenvalue weighted by Gasteiger charge is -2.12. The van der Waals surface area contributed by atoms with Crippen molar-refractivity contribution in [2.45, 2.75) is 0 Å². The average Bonchev–Trinajstić information content (AvgIpc) is 4.07. The van der Waals surface area contributed by atoms with E-state index in [4.69, 9.17) is 32.8 Å². The highest BCUT2D eigenvalue weighted by molar-refractivity contribution is 7.26. The third kappa shape index (κ3) is 4.91. The molecule has 12 aromatic rings. The third-order valence-corrected chi connectivity index (χ3v) is 11.2. The molecule has 5 nitrogen and oxygen atoms in total. The SMILES string of the molecule is [2H]c1c([2H])c([2H])c(-c2c([2H])c([2H])c([2H])c(-c3nc(-c4c([2H])c([2H])c([2H])c5c4sc4c([2H])c([2H])c([2H])c([2H])c45)nc(-n4c5ccccc5c5c4ccc4c6ccccc6n(-c6ccccc6)c45)n3)c2[2H])c([2H])c1[2H]. The molecular weight excluding hydrogens is 715 g/mol. The van der Waals surface area contributed by atoms with Crippen LogP contribution in [-0.2, 0) is 0 Å². The number of aromatic nitrogens is 5. The first-order valence-corrected chi connectivity index (χ1v) is 18.6. The zero-order chi connectivity index (χ0) is 51.4. The van der Waals surface area contributed by atoms with Gasteiger partial charge in [-0.05, 0) is 59.6 Å². The number of fused-ring (bicyclic) bond motifs is 10. The van der Waals surface area contributed by atoms with Gasteiger partial charge in [0.15, 0.2) is 11.6 Å². The number of hydrogen-bond acceptors (Lipinski definition) is 4. The minimum atomic E-state index is -0.784. The maximum absolute atomic E-state index is 9.68. The monoisotopic (exact) mass is 761 g/mol. The predicted molar refractivity (Wildman–Crippen MR) is 238 cm³/mol. The normalized spacial score (nSPS) is 15.8. The van der Waals surface area contributed by atoms with E-state index in [1.54, 1.807) is 4.57 Å². The van der Waals surface area contributed by atoms with Crippen LogP contribution in [0.3, 0.4) is 0 Å². The van der Waals surface area contributed by atoms with Crippen LogP contribution in [0.4, 0.5) is 0 Å². The highest BCUT2D eigenvalue weighted by Gasteiger charge is 2.23. The Labute approximate surface area is 353 Å². The standard InChI is InChI=1S/C51H31N5S/c1-3-15-32(16-4-1)33-17-13-18-34(31-33)49-52-50(41-25-14-24-39-37-22-9-12-28-45(37)57-48(39)41)54-51(53-49)56-43-27-11-8-23-40(43)46-44(56)30-29-38-36-21-7-10-26-42(36)55(47(38)46)35-19-5-2-6-20-35/h1-31H/i1D,3D,4D,9D,12D,13D,14D,15D,16D,17D,18D,22D,24D,25D,28D,31D. The van der Waals surface area contributed by atoms with Gasteiger partial charge in [0.1, 0.15) is 0 Å². The zero-order valence-corrected chi connectivity index (χ0v) is 30.1. The van der Waals surface area contributed by atoms with E-state index >= 15 is 0 Å². The first-order valence-electron chi connectivity index (χ1n) is 25.8. The quantitative estimate of drug-likeness (QED) is 0.175. The summed E-state index contributed by atoms with van der Waals surface area (Å²) in [5.74, 6) is -0.973. The fourth-order valence-electron chi connectivity index (χ4n) is 7.70. The molecule has 0 N–H and O–H groups in total. The molecule has 0 aliphatic rings. The van der Waals surface area contributed by atoms with E-state index in [1.807, 2.05) is 91.0 Å². The Bertz CT molecular complexity index is 4440. The summed E-state index contributed by atoms with van der Waals surface area (Å²) in [6.45, 7) is 0. The van der Waals surface area contributed by atoms with Crippen LogP contribution in [0.25, 0.3) is 109 Å². The summed E-state index contributed by atoms with van der Waals surface area (Å²) < 4.78 is 146. The van der Waals surface area contributed by atoms with Gasteiger partial charge in [0.05, 0.1) is 44.0 Å². The predicted octanol–water partition coefficient (Wildman–Crippen LogP) is 13.4. The highest BCUT2D eigenvalue weighted by Crippen LogP contribution is 2.43. The van der Waals surface area contributed by atoms with Crippen LogP contribution in [0, 0.1) is 0 Å². The molecule has 8 aromatic carbocycles. The van der Waals surface area contributed by atoms with E-state index in [0.29, 0.717) is 11.0 Å². The number of benzene rings is 8. The summed E-state index contributed by atoms with van der Waals surface area (Å²) in [6, 6.07) is 18.9. The topological polar surface area (TPSA) is 48.5 Å². The molecule has 0 aliphatic carbocycles. The largest absolute Gasteiger partial charge is 0.309 e. The molecule has 0 bridgehead atoms. The second kappa shape index (κ2) is 12.6. The van der Waals surface area contributed by atoms with Gasteiger partial charge in [-0.3, -0.25) is 4.57 Å². The number of nitrogens with zero attached hydrogens (tertiary/aromatic N) is 5. The Hall–Kier alpha value is -7.41. The van der Waals surface area contributed by atoms with Crippen molar-refractivity contribution in [1.29, 1.82) is 0 Å². The Morgan fingerprint density at radius 3 is 2.02 bits per heavy atom. The van der Waals surface area contributed by atoms with E-state index in [2.05, 4.69) is 4.57 Å². The summed E-state index contributed by atoms with van der Waals surface area (Å²) >= 11 is 0.849. The minimum Gasteiger partial charge on any atom is -0.309 e. The van der Waals surface area contributed by atoms with Crippen LogP contribution in [0.5, 0.6) is 0 Å². The summed E-state index contributed by atoms with van der Waals surface area (Å²) in [5, 5.41) is 3.34. The van der Waals surface area contributed by atoms with Gasteiger partial charge in [-0.15, -0.1) is 11.3 Å². The van der Waals surface area contributed by atoms with Crippen molar-refractivity contribution < 1.29 is 21.9 Å². The van der Waals surface area contributed by atoms with Crippen LogP contribution in [0.1, 0.15) is 21.9 Å².